The van der Waals surface area contributed by atoms with E-state index < -0.39 is 0 Å². The maximum absolute atomic E-state index is 4.81. The summed E-state index contributed by atoms with van der Waals surface area (Å²) in [5, 5.41) is 1.20. The van der Waals surface area contributed by atoms with Gasteiger partial charge in [0, 0.05) is 6.42 Å². The molecule has 0 N–H and O–H groups in total. The normalized spacial score (nSPS) is 10.9. The molecule has 0 atom stereocenters. The highest BCUT2D eigenvalue weighted by Gasteiger charge is 2.12. The van der Waals surface area contributed by atoms with Crippen molar-refractivity contribution in [1.29, 1.82) is 0 Å². The Bertz CT molecular complexity index is 794. The average Bonchev–Trinajstić information content (AvgIpc) is 2.84. The third-order valence-electron chi connectivity index (χ3n) is 4.09. The maximum Gasteiger partial charge on any atom is 0.0978 e. The second-order valence-electron chi connectivity index (χ2n) is 5.94. The SMILES string of the molecule is Cc1cccc(-c2sc(Cc3c(C)cccc3C)nc2C)c1. The van der Waals surface area contributed by atoms with Gasteiger partial charge in [0.1, 0.15) is 0 Å². The summed E-state index contributed by atoms with van der Waals surface area (Å²) < 4.78 is 0. The lowest BCUT2D eigenvalue weighted by molar-refractivity contribution is 1.07. The third-order valence-corrected chi connectivity index (χ3v) is 5.30. The van der Waals surface area contributed by atoms with Crippen LogP contribution < -0.4 is 0 Å². The first kappa shape index (κ1) is 15.0. The Balaban J connectivity index is 1.96. The molecule has 2 aromatic carbocycles. The number of hydrogen-bond donors (Lipinski definition) is 0. The van der Waals surface area contributed by atoms with Gasteiger partial charge in [-0.05, 0) is 49.9 Å². The van der Waals surface area contributed by atoms with Crippen LogP contribution in [0.25, 0.3) is 10.4 Å². The van der Waals surface area contributed by atoms with Crippen LogP contribution in [0.1, 0.15) is 33.0 Å². The van der Waals surface area contributed by atoms with Crippen molar-refractivity contribution in [2.24, 2.45) is 0 Å². The molecule has 0 amide bonds. The van der Waals surface area contributed by atoms with Gasteiger partial charge in [-0.1, -0.05) is 48.0 Å². The van der Waals surface area contributed by atoms with E-state index in [9.17, 15) is 0 Å². The van der Waals surface area contributed by atoms with Gasteiger partial charge < -0.3 is 0 Å². The van der Waals surface area contributed by atoms with Gasteiger partial charge in [0.15, 0.2) is 0 Å². The van der Waals surface area contributed by atoms with E-state index in [0.717, 1.165) is 12.1 Å². The molecule has 112 valence electrons. The number of aryl methyl sites for hydroxylation is 4. The fourth-order valence-corrected chi connectivity index (χ4v) is 3.93. The number of thiazole rings is 1. The zero-order chi connectivity index (χ0) is 15.7. The molecule has 0 aliphatic rings. The maximum atomic E-state index is 4.81. The Morgan fingerprint density at radius 2 is 1.59 bits per heavy atom. The summed E-state index contributed by atoms with van der Waals surface area (Å²) in [7, 11) is 0. The topological polar surface area (TPSA) is 12.9 Å². The standard InChI is InChI=1S/C20H21NS/c1-13-7-5-10-17(11-13)20-16(4)21-19(22-20)12-18-14(2)8-6-9-15(18)3/h5-11H,12H2,1-4H3. The summed E-state index contributed by atoms with van der Waals surface area (Å²) in [6.45, 7) is 8.62. The van der Waals surface area contributed by atoms with E-state index in [1.165, 1.54) is 37.7 Å². The molecule has 2 heteroatoms. The molecule has 0 saturated carbocycles. The predicted octanol–water partition coefficient (Wildman–Crippen LogP) is 5.63. The number of aromatic nitrogens is 1. The van der Waals surface area contributed by atoms with Crippen molar-refractivity contribution in [2.45, 2.75) is 34.1 Å². The zero-order valence-electron chi connectivity index (χ0n) is 13.6. The van der Waals surface area contributed by atoms with Crippen LogP contribution in [0.3, 0.4) is 0 Å². The van der Waals surface area contributed by atoms with Crippen molar-refractivity contribution >= 4 is 11.3 Å². The van der Waals surface area contributed by atoms with Crippen molar-refractivity contribution in [1.82, 2.24) is 4.98 Å². The second kappa shape index (κ2) is 6.05. The van der Waals surface area contributed by atoms with Gasteiger partial charge in [0.25, 0.3) is 0 Å². The lowest BCUT2D eigenvalue weighted by atomic mass is 10.0. The van der Waals surface area contributed by atoms with Gasteiger partial charge in [-0.3, -0.25) is 0 Å². The summed E-state index contributed by atoms with van der Waals surface area (Å²) in [6, 6.07) is 15.2. The van der Waals surface area contributed by atoms with Crippen LogP contribution in [0, 0.1) is 27.7 Å². The quantitative estimate of drug-likeness (QED) is 0.610. The summed E-state index contributed by atoms with van der Waals surface area (Å²) in [6.07, 6.45) is 0.926. The molecule has 0 radical (unpaired) electrons. The zero-order valence-corrected chi connectivity index (χ0v) is 14.4. The molecule has 1 nitrogen and oxygen atoms in total. The molecule has 0 spiro atoms. The van der Waals surface area contributed by atoms with E-state index in [4.69, 9.17) is 4.98 Å². The minimum atomic E-state index is 0.926. The fraction of sp³-hybridized carbons (Fsp3) is 0.250. The second-order valence-corrected chi connectivity index (χ2v) is 7.02. The van der Waals surface area contributed by atoms with Crippen LogP contribution >= 0.6 is 11.3 Å². The van der Waals surface area contributed by atoms with Crippen molar-refractivity contribution in [3.63, 3.8) is 0 Å². The van der Waals surface area contributed by atoms with Gasteiger partial charge in [0.2, 0.25) is 0 Å². The van der Waals surface area contributed by atoms with Crippen molar-refractivity contribution in [3.05, 3.63) is 75.4 Å². The van der Waals surface area contributed by atoms with Crippen molar-refractivity contribution < 1.29 is 0 Å². The Kier molecular flexibility index (Phi) is 4.12. The Hall–Kier alpha value is -1.93. The molecule has 3 aromatic rings. The Morgan fingerprint density at radius 3 is 2.27 bits per heavy atom. The summed E-state index contributed by atoms with van der Waals surface area (Å²) >= 11 is 1.82. The van der Waals surface area contributed by atoms with E-state index in [1.54, 1.807) is 0 Å². The molecule has 0 aliphatic carbocycles. The number of benzene rings is 2. The van der Waals surface area contributed by atoms with Crippen LogP contribution in [-0.4, -0.2) is 4.98 Å². The third kappa shape index (κ3) is 2.97. The molecule has 22 heavy (non-hydrogen) atoms. The first-order valence-corrected chi connectivity index (χ1v) is 8.44. The molecule has 0 fully saturated rings. The smallest absolute Gasteiger partial charge is 0.0978 e. The highest BCUT2D eigenvalue weighted by molar-refractivity contribution is 7.15. The van der Waals surface area contributed by atoms with Crippen LogP contribution in [0.15, 0.2) is 42.5 Å². The molecule has 0 aliphatic heterocycles. The van der Waals surface area contributed by atoms with Gasteiger partial charge in [-0.15, -0.1) is 11.3 Å². The van der Waals surface area contributed by atoms with Crippen LogP contribution in [-0.2, 0) is 6.42 Å². The average molecular weight is 307 g/mol. The summed E-state index contributed by atoms with van der Waals surface area (Å²) in [4.78, 5) is 6.11. The monoisotopic (exact) mass is 307 g/mol. The van der Waals surface area contributed by atoms with Crippen molar-refractivity contribution in [3.8, 4) is 10.4 Å². The molecule has 0 saturated heterocycles. The number of rotatable bonds is 3. The van der Waals surface area contributed by atoms with Gasteiger partial charge in [0.05, 0.1) is 15.6 Å². The fourth-order valence-electron chi connectivity index (χ4n) is 2.86. The first-order chi connectivity index (χ1) is 10.5. The molecule has 1 aromatic heterocycles. The Morgan fingerprint density at radius 1 is 0.909 bits per heavy atom. The number of hydrogen-bond acceptors (Lipinski definition) is 2. The molecular formula is C20H21NS. The van der Waals surface area contributed by atoms with Crippen molar-refractivity contribution in [2.75, 3.05) is 0 Å². The van der Waals surface area contributed by atoms with E-state index in [0.29, 0.717) is 0 Å². The van der Waals surface area contributed by atoms with Gasteiger partial charge in [-0.2, -0.15) is 0 Å². The predicted molar refractivity (Wildman–Crippen MR) is 95.7 cm³/mol. The molecule has 3 rings (SSSR count). The lowest BCUT2D eigenvalue weighted by Gasteiger charge is -2.07. The summed E-state index contributed by atoms with van der Waals surface area (Å²) in [5.74, 6) is 0. The minimum absolute atomic E-state index is 0.926. The van der Waals surface area contributed by atoms with Crippen LogP contribution in [0.2, 0.25) is 0 Å². The molecular weight excluding hydrogens is 286 g/mol. The minimum Gasteiger partial charge on any atom is -0.246 e. The highest BCUT2D eigenvalue weighted by atomic mass is 32.1. The van der Waals surface area contributed by atoms with E-state index in [-0.39, 0.29) is 0 Å². The van der Waals surface area contributed by atoms with E-state index in [1.807, 2.05) is 11.3 Å². The van der Waals surface area contributed by atoms with E-state index in [2.05, 4.69) is 70.2 Å². The summed E-state index contributed by atoms with van der Waals surface area (Å²) in [5.41, 5.74) is 7.82. The first-order valence-electron chi connectivity index (χ1n) is 7.63. The Labute approximate surface area is 136 Å². The lowest BCUT2D eigenvalue weighted by Crippen LogP contribution is -1.94. The van der Waals surface area contributed by atoms with Crippen LogP contribution in [0.4, 0.5) is 0 Å². The largest absolute Gasteiger partial charge is 0.246 e. The molecule has 0 unspecified atom stereocenters. The van der Waals surface area contributed by atoms with Gasteiger partial charge >= 0.3 is 0 Å². The van der Waals surface area contributed by atoms with E-state index >= 15 is 0 Å². The van der Waals surface area contributed by atoms with Gasteiger partial charge in [-0.25, -0.2) is 4.98 Å². The molecule has 0 bridgehead atoms. The van der Waals surface area contributed by atoms with Crippen LogP contribution in [0.5, 0.6) is 0 Å². The highest BCUT2D eigenvalue weighted by Crippen LogP contribution is 2.32. The molecule has 1 heterocycles. The number of nitrogens with zero attached hydrogens (tertiary/aromatic N) is 1.